The molecule has 0 radical (unpaired) electrons. The lowest BCUT2D eigenvalue weighted by molar-refractivity contribution is -0.113. The van der Waals surface area contributed by atoms with Gasteiger partial charge in [-0.25, -0.2) is 0 Å². The highest BCUT2D eigenvalue weighted by Crippen LogP contribution is 2.28. The molecule has 5 nitrogen and oxygen atoms in total. The number of ether oxygens (including phenoxy) is 1. The first-order valence-electron chi connectivity index (χ1n) is 9.12. The minimum Gasteiger partial charge on any atom is -0.488 e. The number of halogens is 2. The van der Waals surface area contributed by atoms with Gasteiger partial charge in [0, 0.05) is 15.9 Å². The van der Waals surface area contributed by atoms with E-state index in [2.05, 4.69) is 37.3 Å². The molecule has 0 aliphatic rings. The fraction of sp³-hybridized carbons (Fsp3) is 0.130. The van der Waals surface area contributed by atoms with Crippen LogP contribution in [-0.4, -0.2) is 10.6 Å². The average molecular weight is 529 g/mol. The van der Waals surface area contributed by atoms with Crippen LogP contribution in [0.1, 0.15) is 22.5 Å². The van der Waals surface area contributed by atoms with E-state index in [4.69, 9.17) is 4.74 Å². The van der Waals surface area contributed by atoms with Crippen molar-refractivity contribution in [1.29, 1.82) is 5.26 Å². The molecule has 0 unspecified atom stereocenters. The van der Waals surface area contributed by atoms with Gasteiger partial charge in [0.15, 0.2) is 0 Å². The molecule has 0 saturated carbocycles. The first-order chi connectivity index (χ1) is 14.4. The summed E-state index contributed by atoms with van der Waals surface area (Å²) >= 11 is 6.91. The number of hydrogen-bond acceptors (Lipinski definition) is 3. The number of nitrogens with one attached hydrogen (secondary N) is 1. The zero-order valence-electron chi connectivity index (χ0n) is 16.4. The van der Waals surface area contributed by atoms with Crippen LogP contribution in [0.4, 0.5) is 0 Å². The number of carbonyl (C=O) groups is 1. The number of nitrogens with zero attached hydrogens (tertiary/aromatic N) is 2. The second-order valence-corrected chi connectivity index (χ2v) is 8.44. The summed E-state index contributed by atoms with van der Waals surface area (Å²) in [6.45, 7) is 4.20. The molecule has 30 heavy (non-hydrogen) atoms. The Balaban J connectivity index is 1.72. The minimum atomic E-state index is -0.466. The largest absolute Gasteiger partial charge is 0.488 e. The van der Waals surface area contributed by atoms with E-state index in [-0.39, 0.29) is 5.57 Å². The highest BCUT2D eigenvalue weighted by molar-refractivity contribution is 9.10. The number of carbonyl (C=O) groups excluding carboxylic acids is 1. The highest BCUT2D eigenvalue weighted by Gasteiger charge is 2.12. The maximum absolute atomic E-state index is 12.5. The van der Waals surface area contributed by atoms with Crippen LogP contribution in [-0.2, 0) is 11.4 Å². The van der Waals surface area contributed by atoms with Gasteiger partial charge >= 0.3 is 0 Å². The molecule has 0 atom stereocenters. The summed E-state index contributed by atoms with van der Waals surface area (Å²) in [5.74, 6) is 0.211. The van der Waals surface area contributed by atoms with E-state index in [1.165, 1.54) is 0 Å². The van der Waals surface area contributed by atoms with Crippen LogP contribution >= 0.6 is 31.9 Å². The molecule has 1 aromatic heterocycles. The Morgan fingerprint density at radius 1 is 1.10 bits per heavy atom. The molecule has 3 rings (SSSR count). The Bertz CT molecular complexity index is 1120. The summed E-state index contributed by atoms with van der Waals surface area (Å²) in [7, 11) is 0. The lowest BCUT2D eigenvalue weighted by Crippen LogP contribution is -2.25. The number of amides is 1. The normalized spacial score (nSPS) is 11.1. The molecule has 0 saturated heterocycles. The van der Waals surface area contributed by atoms with Gasteiger partial charge in [-0.05, 0) is 83.4 Å². The fourth-order valence-electron chi connectivity index (χ4n) is 2.79. The third kappa shape index (κ3) is 5.41. The Hall–Kier alpha value is -2.82. The molecular weight excluding hydrogens is 510 g/mol. The molecular formula is C23H19Br2N3O2. The molecule has 1 heterocycles. The van der Waals surface area contributed by atoms with Gasteiger partial charge < -0.3 is 4.74 Å². The molecule has 0 fully saturated rings. The zero-order chi connectivity index (χ0) is 21.7. The van der Waals surface area contributed by atoms with Gasteiger partial charge in [-0.1, -0.05) is 34.1 Å². The lowest BCUT2D eigenvalue weighted by Gasteiger charge is -2.11. The predicted molar refractivity (Wildman–Crippen MR) is 124 cm³/mol. The lowest BCUT2D eigenvalue weighted by atomic mass is 10.1. The van der Waals surface area contributed by atoms with E-state index in [0.29, 0.717) is 17.9 Å². The quantitative estimate of drug-likeness (QED) is 0.320. The van der Waals surface area contributed by atoms with Gasteiger partial charge in [0.1, 0.15) is 24.0 Å². The van der Waals surface area contributed by atoms with E-state index >= 15 is 0 Å². The van der Waals surface area contributed by atoms with E-state index in [0.717, 1.165) is 25.9 Å². The van der Waals surface area contributed by atoms with Crippen LogP contribution in [0.2, 0.25) is 0 Å². The van der Waals surface area contributed by atoms with E-state index in [1.54, 1.807) is 16.8 Å². The number of rotatable bonds is 6. The molecule has 7 heteroatoms. The summed E-state index contributed by atoms with van der Waals surface area (Å²) in [6, 6.07) is 19.1. The molecule has 1 N–H and O–H groups in total. The van der Waals surface area contributed by atoms with Crippen molar-refractivity contribution in [2.24, 2.45) is 0 Å². The predicted octanol–water partition coefficient (Wildman–Crippen LogP) is 5.89. The fourth-order valence-corrected chi connectivity index (χ4v) is 3.56. The Morgan fingerprint density at radius 2 is 1.77 bits per heavy atom. The van der Waals surface area contributed by atoms with Crippen LogP contribution in [0.3, 0.4) is 0 Å². The number of nitriles is 1. The standard InChI is InChI=1S/C23H19Br2N3O2/c1-15-3-4-16(2)28(15)27-23(29)19(13-26)11-18-7-10-22(21(25)12-18)30-14-17-5-8-20(24)9-6-17/h3-12H,14H2,1-2H3,(H,27,29)/b19-11-. The van der Waals surface area contributed by atoms with Gasteiger partial charge in [-0.3, -0.25) is 14.9 Å². The van der Waals surface area contributed by atoms with E-state index in [9.17, 15) is 10.1 Å². The van der Waals surface area contributed by atoms with Gasteiger partial charge in [0.05, 0.1) is 4.47 Å². The Labute approximate surface area is 192 Å². The molecule has 0 aliphatic heterocycles. The number of aryl methyl sites for hydroxylation is 2. The van der Waals surface area contributed by atoms with Crippen molar-refractivity contribution in [1.82, 2.24) is 4.68 Å². The summed E-state index contributed by atoms with van der Waals surface area (Å²) in [5.41, 5.74) is 6.29. The first kappa shape index (κ1) is 21.9. The smallest absolute Gasteiger partial charge is 0.280 e. The monoisotopic (exact) mass is 527 g/mol. The second-order valence-electron chi connectivity index (χ2n) is 6.67. The maximum Gasteiger partial charge on any atom is 0.280 e. The Kier molecular flexibility index (Phi) is 7.14. The number of benzene rings is 2. The summed E-state index contributed by atoms with van der Waals surface area (Å²) < 4.78 is 9.27. The second kappa shape index (κ2) is 9.79. The average Bonchev–Trinajstić information content (AvgIpc) is 3.04. The van der Waals surface area contributed by atoms with Crippen molar-refractivity contribution in [3.05, 3.63) is 91.6 Å². The Morgan fingerprint density at radius 3 is 2.37 bits per heavy atom. The topological polar surface area (TPSA) is 67.0 Å². The van der Waals surface area contributed by atoms with Crippen LogP contribution in [0, 0.1) is 25.2 Å². The summed E-state index contributed by atoms with van der Waals surface area (Å²) in [4.78, 5) is 12.5. The van der Waals surface area contributed by atoms with Gasteiger partial charge in [0.25, 0.3) is 5.91 Å². The van der Waals surface area contributed by atoms with Crippen molar-refractivity contribution in [2.75, 3.05) is 5.43 Å². The first-order valence-corrected chi connectivity index (χ1v) is 10.7. The van der Waals surface area contributed by atoms with Crippen LogP contribution in [0.25, 0.3) is 6.08 Å². The molecule has 152 valence electrons. The third-order valence-electron chi connectivity index (χ3n) is 4.42. The van der Waals surface area contributed by atoms with Crippen molar-refractivity contribution < 1.29 is 9.53 Å². The molecule has 0 spiro atoms. The van der Waals surface area contributed by atoms with Gasteiger partial charge in [-0.2, -0.15) is 5.26 Å². The van der Waals surface area contributed by atoms with Crippen molar-refractivity contribution in [2.45, 2.75) is 20.5 Å². The third-order valence-corrected chi connectivity index (χ3v) is 5.57. The minimum absolute atomic E-state index is 0.0120. The molecule has 3 aromatic rings. The number of aromatic nitrogens is 1. The van der Waals surface area contributed by atoms with Gasteiger partial charge in [-0.15, -0.1) is 0 Å². The summed E-state index contributed by atoms with van der Waals surface area (Å²) in [5, 5.41) is 9.45. The van der Waals surface area contributed by atoms with Crippen molar-refractivity contribution in [3.63, 3.8) is 0 Å². The molecule has 1 amide bonds. The molecule has 0 aliphatic carbocycles. The van der Waals surface area contributed by atoms with Crippen LogP contribution < -0.4 is 10.2 Å². The van der Waals surface area contributed by atoms with Crippen LogP contribution in [0.5, 0.6) is 5.75 Å². The zero-order valence-corrected chi connectivity index (χ0v) is 19.6. The van der Waals surface area contributed by atoms with Gasteiger partial charge in [0.2, 0.25) is 0 Å². The van der Waals surface area contributed by atoms with E-state index < -0.39 is 5.91 Å². The molecule has 2 aromatic carbocycles. The van der Waals surface area contributed by atoms with Crippen molar-refractivity contribution in [3.8, 4) is 11.8 Å². The van der Waals surface area contributed by atoms with Crippen LogP contribution in [0.15, 0.2) is 69.1 Å². The highest BCUT2D eigenvalue weighted by atomic mass is 79.9. The maximum atomic E-state index is 12.5. The number of hydrogen-bond donors (Lipinski definition) is 1. The van der Waals surface area contributed by atoms with Crippen molar-refractivity contribution >= 4 is 43.8 Å². The molecule has 0 bridgehead atoms. The van der Waals surface area contributed by atoms with E-state index in [1.807, 2.05) is 68.4 Å². The summed E-state index contributed by atoms with van der Waals surface area (Å²) in [6.07, 6.45) is 1.55. The SMILES string of the molecule is Cc1ccc(C)n1NC(=O)/C(C#N)=C\c1ccc(OCc2ccc(Br)cc2)c(Br)c1.